The molecule has 1 unspecified atom stereocenters. The van der Waals surface area contributed by atoms with Crippen LogP contribution in [0.2, 0.25) is 0 Å². The van der Waals surface area contributed by atoms with Crippen LogP contribution in [-0.4, -0.2) is 20.5 Å². The van der Waals surface area contributed by atoms with Crippen molar-refractivity contribution in [1.29, 1.82) is 0 Å². The summed E-state index contributed by atoms with van der Waals surface area (Å²) in [5, 5.41) is 11.3. The molecule has 1 amide bonds. The third kappa shape index (κ3) is 2.70. The number of fused-ring (bicyclic) bond motifs is 1. The molecule has 2 aromatic heterocycles. The molecule has 1 atom stereocenters. The summed E-state index contributed by atoms with van der Waals surface area (Å²) in [5.41, 5.74) is 3.58. The molecule has 0 spiro atoms. The van der Waals surface area contributed by atoms with E-state index in [0.29, 0.717) is 11.4 Å². The Morgan fingerprint density at radius 1 is 1.14 bits per heavy atom. The molecule has 3 rings (SSSR count). The Labute approximate surface area is 129 Å². The minimum Gasteiger partial charge on any atom is -0.342 e. The maximum Gasteiger partial charge on any atom is 0.251 e. The van der Waals surface area contributed by atoms with Crippen LogP contribution in [0.4, 0.5) is 0 Å². The maximum atomic E-state index is 12.4. The van der Waals surface area contributed by atoms with Crippen molar-refractivity contribution in [2.24, 2.45) is 0 Å². The van der Waals surface area contributed by atoms with Crippen LogP contribution in [0.25, 0.3) is 5.65 Å². The standard InChI is InChI=1S/C17H18N4O/c1-11-8-12(2)10-14(9-11)17(22)18-13(3)16-20-19-15-6-4-5-7-21(15)16/h4-10,13H,1-3H3,(H,18,22). The second-order valence-electron chi connectivity index (χ2n) is 5.56. The van der Waals surface area contributed by atoms with Gasteiger partial charge in [-0.2, -0.15) is 0 Å². The van der Waals surface area contributed by atoms with Crippen molar-refractivity contribution in [3.8, 4) is 0 Å². The fraction of sp³-hybridized carbons (Fsp3) is 0.235. The van der Waals surface area contributed by atoms with Gasteiger partial charge in [0, 0.05) is 11.8 Å². The summed E-state index contributed by atoms with van der Waals surface area (Å²) in [7, 11) is 0. The van der Waals surface area contributed by atoms with Gasteiger partial charge in [-0.05, 0) is 45.0 Å². The van der Waals surface area contributed by atoms with Crippen LogP contribution >= 0.6 is 0 Å². The number of hydrogen-bond acceptors (Lipinski definition) is 3. The van der Waals surface area contributed by atoms with Gasteiger partial charge in [0.1, 0.15) is 0 Å². The first kappa shape index (κ1) is 14.3. The summed E-state index contributed by atoms with van der Waals surface area (Å²) in [5.74, 6) is 0.611. The fourth-order valence-electron chi connectivity index (χ4n) is 2.61. The lowest BCUT2D eigenvalue weighted by Gasteiger charge is -2.13. The average Bonchev–Trinajstić information content (AvgIpc) is 2.90. The summed E-state index contributed by atoms with van der Waals surface area (Å²) in [6.45, 7) is 5.88. The summed E-state index contributed by atoms with van der Waals surface area (Å²) in [4.78, 5) is 12.4. The van der Waals surface area contributed by atoms with Crippen molar-refractivity contribution in [2.75, 3.05) is 0 Å². The highest BCUT2D eigenvalue weighted by atomic mass is 16.1. The van der Waals surface area contributed by atoms with Gasteiger partial charge in [0.15, 0.2) is 11.5 Å². The summed E-state index contributed by atoms with van der Waals surface area (Å²) >= 11 is 0. The molecule has 1 N–H and O–H groups in total. The highest BCUT2D eigenvalue weighted by Gasteiger charge is 2.16. The molecular formula is C17H18N4O. The van der Waals surface area contributed by atoms with Gasteiger partial charge in [0.25, 0.3) is 5.91 Å². The van der Waals surface area contributed by atoms with Crippen LogP contribution in [0.5, 0.6) is 0 Å². The zero-order valence-corrected chi connectivity index (χ0v) is 12.9. The molecule has 0 radical (unpaired) electrons. The quantitative estimate of drug-likeness (QED) is 0.808. The number of benzene rings is 1. The number of carbonyl (C=O) groups is 1. The normalized spacial score (nSPS) is 12.3. The number of carbonyl (C=O) groups excluding carboxylic acids is 1. The summed E-state index contributed by atoms with van der Waals surface area (Å²) < 4.78 is 1.88. The lowest BCUT2D eigenvalue weighted by Crippen LogP contribution is -2.28. The Morgan fingerprint density at radius 2 is 1.86 bits per heavy atom. The Morgan fingerprint density at radius 3 is 2.59 bits per heavy atom. The number of rotatable bonds is 3. The van der Waals surface area contributed by atoms with Gasteiger partial charge >= 0.3 is 0 Å². The van der Waals surface area contributed by atoms with Gasteiger partial charge in [0.05, 0.1) is 6.04 Å². The third-order valence-electron chi connectivity index (χ3n) is 3.56. The zero-order chi connectivity index (χ0) is 15.7. The Bertz CT molecular complexity index is 817. The van der Waals surface area contributed by atoms with Crippen molar-refractivity contribution in [2.45, 2.75) is 26.8 Å². The molecule has 1 aromatic carbocycles. The van der Waals surface area contributed by atoms with Gasteiger partial charge in [-0.3, -0.25) is 9.20 Å². The first-order valence-electron chi connectivity index (χ1n) is 7.23. The van der Waals surface area contributed by atoms with Crippen LogP contribution in [0.3, 0.4) is 0 Å². The highest BCUT2D eigenvalue weighted by molar-refractivity contribution is 5.94. The monoisotopic (exact) mass is 294 g/mol. The van der Waals surface area contributed by atoms with Gasteiger partial charge in [-0.1, -0.05) is 23.3 Å². The Balaban J connectivity index is 1.84. The van der Waals surface area contributed by atoms with E-state index in [1.165, 1.54) is 0 Å². The average molecular weight is 294 g/mol. The van der Waals surface area contributed by atoms with E-state index >= 15 is 0 Å². The maximum absolute atomic E-state index is 12.4. The third-order valence-corrected chi connectivity index (χ3v) is 3.56. The molecule has 3 aromatic rings. The fourth-order valence-corrected chi connectivity index (χ4v) is 2.61. The number of hydrogen-bond donors (Lipinski definition) is 1. The molecule has 2 heterocycles. The lowest BCUT2D eigenvalue weighted by molar-refractivity contribution is 0.0938. The number of amides is 1. The molecule has 0 aliphatic heterocycles. The van der Waals surface area contributed by atoms with Crippen molar-refractivity contribution in [3.63, 3.8) is 0 Å². The molecule has 5 nitrogen and oxygen atoms in total. The van der Waals surface area contributed by atoms with Crippen LogP contribution in [0, 0.1) is 13.8 Å². The van der Waals surface area contributed by atoms with Crippen LogP contribution in [0.15, 0.2) is 42.6 Å². The Kier molecular flexibility index (Phi) is 3.63. The molecule has 5 heteroatoms. The summed E-state index contributed by atoms with van der Waals surface area (Å²) in [6, 6.07) is 11.3. The number of aryl methyl sites for hydroxylation is 2. The van der Waals surface area contributed by atoms with Gasteiger partial charge in [0.2, 0.25) is 0 Å². The van der Waals surface area contributed by atoms with Crippen LogP contribution in [-0.2, 0) is 0 Å². The van der Waals surface area contributed by atoms with E-state index in [-0.39, 0.29) is 11.9 Å². The molecule has 0 bridgehead atoms. The van der Waals surface area contributed by atoms with Gasteiger partial charge in [-0.15, -0.1) is 10.2 Å². The van der Waals surface area contributed by atoms with Gasteiger partial charge < -0.3 is 5.32 Å². The first-order chi connectivity index (χ1) is 10.5. The predicted molar refractivity (Wildman–Crippen MR) is 84.8 cm³/mol. The predicted octanol–water partition coefficient (Wildman–Crippen LogP) is 2.84. The zero-order valence-electron chi connectivity index (χ0n) is 12.9. The smallest absolute Gasteiger partial charge is 0.251 e. The topological polar surface area (TPSA) is 59.3 Å². The first-order valence-corrected chi connectivity index (χ1v) is 7.23. The molecule has 0 saturated heterocycles. The number of nitrogens with zero attached hydrogens (tertiary/aromatic N) is 3. The van der Waals surface area contributed by atoms with E-state index in [1.807, 2.05) is 67.8 Å². The minimum atomic E-state index is -0.231. The van der Waals surface area contributed by atoms with E-state index in [0.717, 1.165) is 16.8 Å². The lowest BCUT2D eigenvalue weighted by atomic mass is 10.1. The van der Waals surface area contributed by atoms with Crippen LogP contribution < -0.4 is 5.32 Å². The molecule has 0 aliphatic rings. The number of aromatic nitrogens is 3. The van der Waals surface area contributed by atoms with Crippen molar-refractivity contribution in [3.05, 3.63) is 65.1 Å². The molecule has 0 fully saturated rings. The molecular weight excluding hydrogens is 276 g/mol. The van der Waals surface area contributed by atoms with Crippen LogP contribution in [0.1, 0.15) is 40.3 Å². The molecule has 22 heavy (non-hydrogen) atoms. The van der Waals surface area contributed by atoms with E-state index < -0.39 is 0 Å². The van der Waals surface area contributed by atoms with Gasteiger partial charge in [-0.25, -0.2) is 0 Å². The highest BCUT2D eigenvalue weighted by Crippen LogP contribution is 2.14. The SMILES string of the molecule is Cc1cc(C)cc(C(=O)NC(C)c2nnc3ccccn23)c1. The second-order valence-corrected chi connectivity index (χ2v) is 5.56. The van der Waals surface area contributed by atoms with Crippen molar-refractivity contribution < 1.29 is 4.79 Å². The van der Waals surface area contributed by atoms with E-state index in [9.17, 15) is 4.79 Å². The van der Waals surface area contributed by atoms with Crippen molar-refractivity contribution in [1.82, 2.24) is 19.9 Å². The Hall–Kier alpha value is -2.69. The number of nitrogens with one attached hydrogen (secondary N) is 1. The molecule has 112 valence electrons. The number of pyridine rings is 1. The molecule has 0 aliphatic carbocycles. The van der Waals surface area contributed by atoms with Crippen molar-refractivity contribution >= 4 is 11.6 Å². The largest absolute Gasteiger partial charge is 0.342 e. The minimum absolute atomic E-state index is 0.105. The van der Waals surface area contributed by atoms with E-state index in [2.05, 4.69) is 15.5 Å². The molecule has 0 saturated carbocycles. The summed E-state index contributed by atoms with van der Waals surface area (Å²) in [6.07, 6.45) is 1.89. The second kappa shape index (κ2) is 5.60. The van der Waals surface area contributed by atoms with E-state index in [1.54, 1.807) is 0 Å². The van der Waals surface area contributed by atoms with E-state index in [4.69, 9.17) is 0 Å².